The van der Waals surface area contributed by atoms with E-state index in [-0.39, 0.29) is 0 Å². The molecule has 2 aromatic heterocycles. The summed E-state index contributed by atoms with van der Waals surface area (Å²) in [6.45, 7) is 2.34. The molecule has 10 heteroatoms. The number of para-hydroxylation sites is 1. The molecule has 0 aliphatic heterocycles. The number of benzene rings is 2. The maximum atomic E-state index is 12.9. The SMILES string of the molecule is CCOc1ccccc1S(=O)Nc1noc2cc(Oc3nccs3)cc(OC)c12. The van der Waals surface area contributed by atoms with Crippen LogP contribution in [0.5, 0.6) is 22.4 Å². The molecule has 4 aromatic rings. The lowest BCUT2D eigenvalue weighted by Crippen LogP contribution is -2.07. The number of hydrogen-bond acceptors (Lipinski definition) is 8. The number of fused-ring (bicyclic) bond motifs is 1. The van der Waals surface area contributed by atoms with Gasteiger partial charge in [-0.05, 0) is 19.1 Å². The van der Waals surface area contributed by atoms with Crippen molar-refractivity contribution in [3.8, 4) is 22.4 Å². The molecule has 0 saturated carbocycles. The van der Waals surface area contributed by atoms with Gasteiger partial charge in [-0.3, -0.25) is 4.72 Å². The van der Waals surface area contributed by atoms with Crippen LogP contribution in [0.2, 0.25) is 0 Å². The van der Waals surface area contributed by atoms with Gasteiger partial charge in [0.1, 0.15) is 27.5 Å². The van der Waals surface area contributed by atoms with E-state index in [9.17, 15) is 4.21 Å². The van der Waals surface area contributed by atoms with E-state index >= 15 is 0 Å². The summed E-state index contributed by atoms with van der Waals surface area (Å²) in [4.78, 5) is 4.60. The molecule has 0 spiro atoms. The summed E-state index contributed by atoms with van der Waals surface area (Å²) in [5.74, 6) is 1.80. The molecule has 0 saturated heterocycles. The van der Waals surface area contributed by atoms with Crippen LogP contribution in [0.3, 0.4) is 0 Å². The van der Waals surface area contributed by atoms with Gasteiger partial charge in [-0.2, -0.15) is 0 Å². The van der Waals surface area contributed by atoms with Gasteiger partial charge >= 0.3 is 0 Å². The molecule has 29 heavy (non-hydrogen) atoms. The normalized spacial score (nSPS) is 11.9. The monoisotopic (exact) mass is 431 g/mol. The Morgan fingerprint density at radius 1 is 1.24 bits per heavy atom. The Morgan fingerprint density at radius 3 is 2.86 bits per heavy atom. The fourth-order valence-corrected chi connectivity index (χ4v) is 4.12. The van der Waals surface area contributed by atoms with E-state index in [0.29, 0.717) is 50.7 Å². The van der Waals surface area contributed by atoms with Crippen LogP contribution in [0.25, 0.3) is 11.0 Å². The Bertz CT molecular complexity index is 1140. The number of nitrogens with one attached hydrogen (secondary N) is 1. The number of nitrogens with zero attached hydrogens (tertiary/aromatic N) is 2. The van der Waals surface area contributed by atoms with Crippen LogP contribution < -0.4 is 18.9 Å². The predicted octanol–water partition coefficient (Wildman–Crippen LogP) is 4.62. The van der Waals surface area contributed by atoms with Gasteiger partial charge in [0.15, 0.2) is 22.4 Å². The van der Waals surface area contributed by atoms with Crippen LogP contribution in [0.15, 0.2) is 57.4 Å². The standard InChI is InChI=1S/C19H17N3O5S2/c1-3-25-13-6-4-5-7-16(13)29(23)22-18-17-14(24-2)10-12(11-15(17)27-21-18)26-19-20-8-9-28-19/h4-11H,3H2,1-2H3,(H,21,22). The lowest BCUT2D eigenvalue weighted by Gasteiger charge is -2.10. The minimum atomic E-state index is -1.62. The van der Waals surface area contributed by atoms with Crippen LogP contribution in [-0.4, -0.2) is 28.1 Å². The highest BCUT2D eigenvalue weighted by molar-refractivity contribution is 7.86. The number of thiazole rings is 1. The lowest BCUT2D eigenvalue weighted by molar-refractivity contribution is 0.332. The fourth-order valence-electron chi connectivity index (χ4n) is 2.68. The first kappa shape index (κ1) is 19.2. The third-order valence-corrected chi connectivity index (χ3v) is 5.65. The molecular formula is C19H17N3O5S2. The van der Waals surface area contributed by atoms with Crippen molar-refractivity contribution in [1.29, 1.82) is 0 Å². The molecular weight excluding hydrogens is 414 g/mol. The molecule has 0 radical (unpaired) electrons. The molecule has 0 bridgehead atoms. The van der Waals surface area contributed by atoms with Crippen molar-refractivity contribution in [2.24, 2.45) is 0 Å². The summed E-state index contributed by atoms with van der Waals surface area (Å²) in [6, 6.07) is 10.5. The average Bonchev–Trinajstić information content (AvgIpc) is 3.38. The lowest BCUT2D eigenvalue weighted by atomic mass is 10.2. The van der Waals surface area contributed by atoms with Crippen LogP contribution >= 0.6 is 11.3 Å². The van der Waals surface area contributed by atoms with Crippen molar-refractivity contribution in [3.05, 3.63) is 48.0 Å². The van der Waals surface area contributed by atoms with E-state index < -0.39 is 11.0 Å². The Balaban J connectivity index is 1.65. The summed E-state index contributed by atoms with van der Waals surface area (Å²) in [7, 11) is -0.0883. The third-order valence-electron chi connectivity index (χ3n) is 3.88. The van der Waals surface area contributed by atoms with E-state index in [0.717, 1.165) is 0 Å². The first-order chi connectivity index (χ1) is 14.2. The van der Waals surface area contributed by atoms with Gasteiger partial charge in [0.25, 0.3) is 5.19 Å². The highest BCUT2D eigenvalue weighted by atomic mass is 32.2. The van der Waals surface area contributed by atoms with Crippen molar-refractivity contribution in [2.75, 3.05) is 18.4 Å². The van der Waals surface area contributed by atoms with Crippen molar-refractivity contribution >= 4 is 39.1 Å². The largest absolute Gasteiger partial charge is 0.496 e. The molecule has 2 heterocycles. The average molecular weight is 431 g/mol. The van der Waals surface area contributed by atoms with Gasteiger partial charge in [0.05, 0.1) is 13.7 Å². The molecule has 8 nitrogen and oxygen atoms in total. The molecule has 0 aliphatic carbocycles. The zero-order valence-corrected chi connectivity index (χ0v) is 17.2. The van der Waals surface area contributed by atoms with Gasteiger partial charge in [0, 0.05) is 23.7 Å². The number of rotatable bonds is 8. The molecule has 0 fully saturated rings. The van der Waals surface area contributed by atoms with E-state index in [4.69, 9.17) is 18.7 Å². The Morgan fingerprint density at radius 2 is 2.10 bits per heavy atom. The first-order valence-corrected chi connectivity index (χ1v) is 10.7. The maximum Gasteiger partial charge on any atom is 0.278 e. The highest BCUT2D eigenvalue weighted by Crippen LogP contribution is 2.38. The number of anilines is 1. The molecule has 4 rings (SSSR count). The van der Waals surface area contributed by atoms with Gasteiger partial charge < -0.3 is 18.7 Å². The Kier molecular flexibility index (Phi) is 5.63. The molecule has 1 unspecified atom stereocenters. The van der Waals surface area contributed by atoms with Crippen LogP contribution in [-0.2, 0) is 11.0 Å². The van der Waals surface area contributed by atoms with Crippen molar-refractivity contribution in [3.63, 3.8) is 0 Å². The van der Waals surface area contributed by atoms with Crippen molar-refractivity contribution in [2.45, 2.75) is 11.8 Å². The highest BCUT2D eigenvalue weighted by Gasteiger charge is 2.20. The van der Waals surface area contributed by atoms with Crippen LogP contribution in [0.4, 0.5) is 5.82 Å². The van der Waals surface area contributed by atoms with E-state index in [1.807, 2.05) is 18.4 Å². The summed E-state index contributed by atoms with van der Waals surface area (Å²) >= 11 is 1.37. The summed E-state index contributed by atoms with van der Waals surface area (Å²) < 4.78 is 37.9. The summed E-state index contributed by atoms with van der Waals surface area (Å²) in [5, 5.41) is 6.89. The maximum absolute atomic E-state index is 12.9. The zero-order chi connectivity index (χ0) is 20.2. The molecule has 0 amide bonds. The van der Waals surface area contributed by atoms with Gasteiger partial charge in [0.2, 0.25) is 0 Å². The minimum absolute atomic E-state index is 0.294. The fraction of sp³-hybridized carbons (Fsp3) is 0.158. The molecule has 2 aromatic carbocycles. The molecule has 150 valence electrons. The van der Waals surface area contributed by atoms with E-state index in [2.05, 4.69) is 14.9 Å². The third kappa shape index (κ3) is 4.03. The van der Waals surface area contributed by atoms with Gasteiger partial charge in [-0.1, -0.05) is 28.6 Å². The number of methoxy groups -OCH3 is 1. The van der Waals surface area contributed by atoms with E-state index in [1.165, 1.54) is 18.4 Å². The summed E-state index contributed by atoms with van der Waals surface area (Å²) in [6.07, 6.45) is 1.65. The van der Waals surface area contributed by atoms with Crippen LogP contribution in [0, 0.1) is 0 Å². The van der Waals surface area contributed by atoms with Gasteiger partial charge in [-0.25, -0.2) is 9.19 Å². The summed E-state index contributed by atoms with van der Waals surface area (Å²) in [5.41, 5.74) is 0.425. The second-order valence-electron chi connectivity index (χ2n) is 5.68. The van der Waals surface area contributed by atoms with Gasteiger partial charge in [-0.15, -0.1) is 0 Å². The second-order valence-corrected chi connectivity index (χ2v) is 7.72. The topological polar surface area (TPSA) is 95.7 Å². The minimum Gasteiger partial charge on any atom is -0.496 e. The van der Waals surface area contributed by atoms with Crippen LogP contribution in [0.1, 0.15) is 6.92 Å². The first-order valence-electron chi connectivity index (χ1n) is 8.64. The Labute approximate surface area is 173 Å². The smallest absolute Gasteiger partial charge is 0.278 e. The molecule has 0 aliphatic rings. The molecule has 1 N–H and O–H groups in total. The van der Waals surface area contributed by atoms with Crippen molar-refractivity contribution < 1.29 is 22.9 Å². The number of aromatic nitrogens is 2. The van der Waals surface area contributed by atoms with E-state index in [1.54, 1.807) is 36.5 Å². The van der Waals surface area contributed by atoms with Crippen molar-refractivity contribution in [1.82, 2.24) is 10.1 Å². The predicted molar refractivity (Wildman–Crippen MR) is 110 cm³/mol. The number of hydrogen-bond donors (Lipinski definition) is 1. The number of ether oxygens (including phenoxy) is 3. The second kappa shape index (κ2) is 8.50. The Hall–Kier alpha value is -3.11. The molecule has 1 atom stereocenters. The zero-order valence-electron chi connectivity index (χ0n) is 15.6. The quantitative estimate of drug-likeness (QED) is 0.435.